The molecule has 3 aromatic rings. The van der Waals surface area contributed by atoms with Gasteiger partial charge in [-0.15, -0.1) is 0 Å². The summed E-state index contributed by atoms with van der Waals surface area (Å²) in [6.07, 6.45) is 2.25. The molecule has 1 fully saturated rings. The van der Waals surface area contributed by atoms with E-state index in [4.69, 9.17) is 21.4 Å². The quantitative estimate of drug-likeness (QED) is 0.471. The van der Waals surface area contributed by atoms with Gasteiger partial charge in [-0.1, -0.05) is 39.0 Å². The van der Waals surface area contributed by atoms with Gasteiger partial charge in [-0.25, -0.2) is 19.7 Å². The van der Waals surface area contributed by atoms with Crippen LogP contribution in [0.2, 0.25) is 0 Å². The molecule has 6 N–H and O–H groups in total. The first-order valence-corrected chi connectivity index (χ1v) is 11.0. The summed E-state index contributed by atoms with van der Waals surface area (Å²) >= 11 is 0. The number of aromatic nitrogens is 5. The van der Waals surface area contributed by atoms with Crippen LogP contribution in [0.25, 0.3) is 22.8 Å². The largest absolute Gasteiger partial charge is 0.465 e. The number of aromatic amines is 1. The van der Waals surface area contributed by atoms with Gasteiger partial charge in [0.15, 0.2) is 17.5 Å². The van der Waals surface area contributed by atoms with Gasteiger partial charge in [-0.3, -0.25) is 5.10 Å². The first-order chi connectivity index (χ1) is 15.7. The molecule has 0 saturated carbocycles. The monoisotopic (exact) mass is 450 g/mol. The van der Waals surface area contributed by atoms with Crippen LogP contribution in [0.1, 0.15) is 50.9 Å². The highest BCUT2D eigenvalue weighted by Crippen LogP contribution is 2.41. The lowest BCUT2D eigenvalue weighted by Crippen LogP contribution is -2.53. The highest BCUT2D eigenvalue weighted by atomic mass is 16.4. The Kier molecular flexibility index (Phi) is 6.03. The third kappa shape index (κ3) is 4.51. The molecule has 174 valence electrons. The SMILES string of the molecule is CC(C)(C)C1[C@H](c2n[nH]c(-c3nc(-c4cccc(CN)c4)cnc3N)n2)CCCN1C(=O)O. The number of piperidine rings is 1. The number of nitrogen functional groups attached to an aromatic ring is 1. The van der Waals surface area contributed by atoms with Gasteiger partial charge >= 0.3 is 6.09 Å². The van der Waals surface area contributed by atoms with Crippen molar-refractivity contribution in [2.45, 2.75) is 52.1 Å². The van der Waals surface area contributed by atoms with Crippen LogP contribution < -0.4 is 11.5 Å². The molecule has 2 atom stereocenters. The maximum Gasteiger partial charge on any atom is 0.407 e. The first-order valence-electron chi connectivity index (χ1n) is 11.0. The summed E-state index contributed by atoms with van der Waals surface area (Å²) in [5.74, 6) is 1.07. The van der Waals surface area contributed by atoms with Crippen LogP contribution >= 0.6 is 0 Å². The molecule has 10 heteroatoms. The maximum absolute atomic E-state index is 11.9. The Balaban J connectivity index is 1.70. The number of likely N-dealkylation sites (tertiary alicyclic amines) is 1. The minimum atomic E-state index is -0.919. The summed E-state index contributed by atoms with van der Waals surface area (Å²) < 4.78 is 0. The van der Waals surface area contributed by atoms with Crippen LogP contribution in [0.5, 0.6) is 0 Å². The van der Waals surface area contributed by atoms with Crippen LogP contribution in [-0.4, -0.2) is 53.8 Å². The fraction of sp³-hybridized carbons (Fsp3) is 0.435. The number of hydrogen-bond acceptors (Lipinski definition) is 7. The highest BCUT2D eigenvalue weighted by Gasteiger charge is 2.44. The zero-order valence-corrected chi connectivity index (χ0v) is 19.1. The standard InChI is InChI=1S/C23H30N8O2/c1-23(2,3)18-15(8-5-9-31(18)22(32)33)20-28-21(30-29-20)17-19(25)26-12-16(27-17)14-7-4-6-13(10-14)11-24/h4,6-7,10,12,15,18H,5,8-9,11,24H2,1-3H3,(H2,25,26)(H,32,33)(H,28,29,30)/t15-,18?/m1/s1. The molecule has 0 spiro atoms. The topological polar surface area (TPSA) is 160 Å². The predicted octanol–water partition coefficient (Wildman–Crippen LogP) is 3.24. The van der Waals surface area contributed by atoms with E-state index in [1.807, 2.05) is 45.0 Å². The Bertz CT molecular complexity index is 1150. The smallest absolute Gasteiger partial charge is 0.407 e. The van der Waals surface area contributed by atoms with Crippen molar-refractivity contribution in [3.8, 4) is 22.8 Å². The molecule has 1 unspecified atom stereocenters. The minimum absolute atomic E-state index is 0.140. The van der Waals surface area contributed by atoms with Gasteiger partial charge < -0.3 is 21.5 Å². The molecule has 0 bridgehead atoms. The average molecular weight is 451 g/mol. The second-order valence-corrected chi connectivity index (χ2v) is 9.47. The molecule has 1 aromatic carbocycles. The normalized spacial score (nSPS) is 19.0. The molecule has 10 nitrogen and oxygen atoms in total. The Labute approximate surface area is 192 Å². The van der Waals surface area contributed by atoms with Crippen molar-refractivity contribution in [1.29, 1.82) is 0 Å². The van der Waals surface area contributed by atoms with Crippen LogP contribution in [0.4, 0.5) is 10.6 Å². The van der Waals surface area contributed by atoms with Crippen LogP contribution in [0.3, 0.4) is 0 Å². The van der Waals surface area contributed by atoms with Crippen molar-refractivity contribution >= 4 is 11.9 Å². The average Bonchev–Trinajstić information content (AvgIpc) is 3.28. The summed E-state index contributed by atoms with van der Waals surface area (Å²) in [6, 6.07) is 7.53. The number of nitrogens with zero attached hydrogens (tertiary/aromatic N) is 5. The lowest BCUT2D eigenvalue weighted by atomic mass is 9.74. The van der Waals surface area contributed by atoms with Crippen LogP contribution in [-0.2, 0) is 6.54 Å². The number of anilines is 1. The third-order valence-corrected chi connectivity index (χ3v) is 6.08. The molecule has 1 saturated heterocycles. The van der Waals surface area contributed by atoms with E-state index in [1.54, 1.807) is 6.20 Å². The second-order valence-electron chi connectivity index (χ2n) is 9.47. The van der Waals surface area contributed by atoms with Gasteiger partial charge in [0.25, 0.3) is 0 Å². The van der Waals surface area contributed by atoms with Crippen molar-refractivity contribution in [3.63, 3.8) is 0 Å². The molecule has 4 rings (SSSR count). The highest BCUT2D eigenvalue weighted by molar-refractivity contribution is 5.69. The molecule has 1 aliphatic rings. The van der Waals surface area contributed by atoms with E-state index in [1.165, 1.54) is 4.90 Å². The van der Waals surface area contributed by atoms with E-state index in [9.17, 15) is 9.90 Å². The van der Waals surface area contributed by atoms with Crippen LogP contribution in [0.15, 0.2) is 30.5 Å². The Morgan fingerprint density at radius 3 is 2.79 bits per heavy atom. The van der Waals surface area contributed by atoms with E-state index in [0.717, 1.165) is 24.0 Å². The summed E-state index contributed by atoms with van der Waals surface area (Å²) in [4.78, 5) is 27.1. The van der Waals surface area contributed by atoms with E-state index in [0.29, 0.717) is 36.1 Å². The summed E-state index contributed by atoms with van der Waals surface area (Å²) in [6.45, 7) is 7.07. The van der Waals surface area contributed by atoms with Crippen molar-refractivity contribution < 1.29 is 9.90 Å². The lowest BCUT2D eigenvalue weighted by molar-refractivity contribution is 0.0438. The Morgan fingerprint density at radius 1 is 1.30 bits per heavy atom. The summed E-state index contributed by atoms with van der Waals surface area (Å²) in [7, 11) is 0. The van der Waals surface area contributed by atoms with Gasteiger partial charge in [0.05, 0.1) is 11.9 Å². The van der Waals surface area contributed by atoms with Gasteiger partial charge in [-0.05, 0) is 29.9 Å². The second kappa shape index (κ2) is 8.78. The molecule has 33 heavy (non-hydrogen) atoms. The van der Waals surface area contributed by atoms with Crippen LogP contribution in [0, 0.1) is 5.41 Å². The Hall–Kier alpha value is -3.53. The number of H-pyrrole nitrogens is 1. The fourth-order valence-electron chi connectivity index (χ4n) is 4.67. The van der Waals surface area contributed by atoms with E-state index < -0.39 is 6.09 Å². The van der Waals surface area contributed by atoms with E-state index in [-0.39, 0.29) is 23.2 Å². The lowest BCUT2D eigenvalue weighted by Gasteiger charge is -2.45. The van der Waals surface area contributed by atoms with Crippen molar-refractivity contribution in [3.05, 3.63) is 41.9 Å². The summed E-state index contributed by atoms with van der Waals surface area (Å²) in [5.41, 5.74) is 14.5. The molecule has 1 aliphatic heterocycles. The molecule has 0 aliphatic carbocycles. The van der Waals surface area contributed by atoms with E-state index >= 15 is 0 Å². The molecule has 2 aromatic heterocycles. The third-order valence-electron chi connectivity index (χ3n) is 6.08. The van der Waals surface area contributed by atoms with Crippen molar-refractivity contribution in [2.24, 2.45) is 11.1 Å². The van der Waals surface area contributed by atoms with Crippen molar-refractivity contribution in [2.75, 3.05) is 12.3 Å². The number of rotatable bonds is 4. The molecule has 0 radical (unpaired) electrons. The fourth-order valence-corrected chi connectivity index (χ4v) is 4.67. The molecular formula is C23H30N8O2. The molecular weight excluding hydrogens is 420 g/mol. The number of carboxylic acid groups (broad SMARTS) is 1. The summed E-state index contributed by atoms with van der Waals surface area (Å²) in [5, 5.41) is 17.2. The van der Waals surface area contributed by atoms with Gasteiger partial charge in [-0.2, -0.15) is 5.10 Å². The number of carbonyl (C=O) groups is 1. The van der Waals surface area contributed by atoms with Gasteiger partial charge in [0.1, 0.15) is 5.69 Å². The van der Waals surface area contributed by atoms with Gasteiger partial charge in [0.2, 0.25) is 0 Å². The maximum atomic E-state index is 11.9. The van der Waals surface area contributed by atoms with E-state index in [2.05, 4.69) is 15.2 Å². The number of nitrogens with one attached hydrogen (secondary N) is 1. The predicted molar refractivity (Wildman–Crippen MR) is 125 cm³/mol. The number of nitrogens with two attached hydrogens (primary N) is 2. The zero-order chi connectivity index (χ0) is 23.8. The minimum Gasteiger partial charge on any atom is -0.465 e. The zero-order valence-electron chi connectivity index (χ0n) is 19.1. The van der Waals surface area contributed by atoms with Crippen molar-refractivity contribution in [1.82, 2.24) is 30.0 Å². The Morgan fingerprint density at radius 2 is 2.09 bits per heavy atom. The molecule has 1 amide bonds. The molecule has 3 heterocycles. The number of amides is 1. The first kappa shape index (κ1) is 22.7. The van der Waals surface area contributed by atoms with Gasteiger partial charge in [0, 0.05) is 30.6 Å². The number of hydrogen-bond donors (Lipinski definition) is 4. The number of benzene rings is 1.